The van der Waals surface area contributed by atoms with Crippen LogP contribution in [0.3, 0.4) is 0 Å². The van der Waals surface area contributed by atoms with Crippen molar-refractivity contribution in [1.82, 2.24) is 14.8 Å². The molecule has 2 rings (SSSR count). The van der Waals surface area contributed by atoms with E-state index in [1.165, 1.54) is 0 Å². The Morgan fingerprint density at radius 1 is 1.33 bits per heavy atom. The number of nitrogens with zero attached hydrogens (tertiary/aromatic N) is 3. The van der Waals surface area contributed by atoms with Gasteiger partial charge in [0.05, 0.1) is 5.69 Å². The molecule has 0 atom stereocenters. The minimum Gasteiger partial charge on any atom is -0.489 e. The standard InChI is InChI=1S/C11H11N3O/c1-2-6-15-11-5-3-4-10(7-11)14-8-12-13-9-14/h2-5,7-9H,1,6H2. The van der Waals surface area contributed by atoms with E-state index < -0.39 is 0 Å². The Kier molecular flexibility index (Phi) is 2.78. The van der Waals surface area contributed by atoms with Crippen LogP contribution in [0.5, 0.6) is 5.75 Å². The van der Waals surface area contributed by atoms with E-state index in [0.717, 1.165) is 11.4 Å². The predicted molar refractivity (Wildman–Crippen MR) is 57.1 cm³/mol. The van der Waals surface area contributed by atoms with Gasteiger partial charge in [-0.2, -0.15) is 0 Å². The molecule has 2 aromatic rings. The molecule has 1 aromatic carbocycles. The maximum atomic E-state index is 5.42. The van der Waals surface area contributed by atoms with Crippen LogP contribution in [0, 0.1) is 0 Å². The van der Waals surface area contributed by atoms with Gasteiger partial charge in [0.1, 0.15) is 25.0 Å². The topological polar surface area (TPSA) is 39.9 Å². The van der Waals surface area contributed by atoms with Crippen LogP contribution >= 0.6 is 0 Å². The third-order valence-corrected chi connectivity index (χ3v) is 1.90. The first-order valence-electron chi connectivity index (χ1n) is 4.59. The van der Waals surface area contributed by atoms with Crippen molar-refractivity contribution in [2.75, 3.05) is 6.61 Å². The van der Waals surface area contributed by atoms with E-state index >= 15 is 0 Å². The van der Waals surface area contributed by atoms with E-state index in [2.05, 4.69) is 16.8 Å². The van der Waals surface area contributed by atoms with Gasteiger partial charge in [0.25, 0.3) is 0 Å². The first-order valence-corrected chi connectivity index (χ1v) is 4.59. The summed E-state index contributed by atoms with van der Waals surface area (Å²) in [6.07, 6.45) is 5.00. The summed E-state index contributed by atoms with van der Waals surface area (Å²) in [5, 5.41) is 7.49. The van der Waals surface area contributed by atoms with E-state index in [1.54, 1.807) is 18.7 Å². The van der Waals surface area contributed by atoms with Gasteiger partial charge in [0, 0.05) is 6.07 Å². The Labute approximate surface area is 87.8 Å². The second-order valence-corrected chi connectivity index (χ2v) is 2.97. The fourth-order valence-electron chi connectivity index (χ4n) is 1.22. The lowest BCUT2D eigenvalue weighted by Gasteiger charge is -2.05. The number of hydrogen-bond acceptors (Lipinski definition) is 3. The molecule has 1 aromatic heterocycles. The zero-order valence-electron chi connectivity index (χ0n) is 8.21. The monoisotopic (exact) mass is 201 g/mol. The Morgan fingerprint density at radius 2 is 2.13 bits per heavy atom. The van der Waals surface area contributed by atoms with Gasteiger partial charge in [0.2, 0.25) is 0 Å². The average molecular weight is 201 g/mol. The lowest BCUT2D eigenvalue weighted by molar-refractivity contribution is 0.363. The van der Waals surface area contributed by atoms with Crippen LogP contribution in [0.2, 0.25) is 0 Å². The Morgan fingerprint density at radius 3 is 2.87 bits per heavy atom. The summed E-state index contributed by atoms with van der Waals surface area (Å²) in [4.78, 5) is 0. The van der Waals surface area contributed by atoms with Crippen LogP contribution in [-0.2, 0) is 0 Å². The van der Waals surface area contributed by atoms with Crippen molar-refractivity contribution in [3.05, 3.63) is 49.6 Å². The fraction of sp³-hybridized carbons (Fsp3) is 0.0909. The molecule has 0 unspecified atom stereocenters. The maximum absolute atomic E-state index is 5.42. The number of benzene rings is 1. The summed E-state index contributed by atoms with van der Waals surface area (Å²) >= 11 is 0. The van der Waals surface area contributed by atoms with Gasteiger partial charge >= 0.3 is 0 Å². The van der Waals surface area contributed by atoms with Crippen LogP contribution in [0.1, 0.15) is 0 Å². The Hall–Kier alpha value is -2.10. The van der Waals surface area contributed by atoms with Crippen molar-refractivity contribution in [3.8, 4) is 11.4 Å². The van der Waals surface area contributed by atoms with Crippen molar-refractivity contribution in [2.45, 2.75) is 0 Å². The molecule has 0 radical (unpaired) electrons. The molecule has 0 saturated heterocycles. The molecule has 15 heavy (non-hydrogen) atoms. The molecule has 0 spiro atoms. The SMILES string of the molecule is C=CCOc1cccc(-n2cnnc2)c1. The normalized spacial score (nSPS) is 9.87. The van der Waals surface area contributed by atoms with E-state index in [4.69, 9.17) is 4.74 Å². The van der Waals surface area contributed by atoms with Crippen LogP contribution in [-0.4, -0.2) is 21.4 Å². The zero-order chi connectivity index (χ0) is 10.5. The summed E-state index contributed by atoms with van der Waals surface area (Å²) in [5.41, 5.74) is 0.974. The first kappa shape index (κ1) is 9.45. The predicted octanol–water partition coefficient (Wildman–Crippen LogP) is 1.83. The molecule has 0 aliphatic heterocycles. The van der Waals surface area contributed by atoms with E-state index in [1.807, 2.05) is 28.8 Å². The highest BCUT2D eigenvalue weighted by molar-refractivity contribution is 5.38. The molecule has 4 heteroatoms. The summed E-state index contributed by atoms with van der Waals surface area (Å²) in [7, 11) is 0. The van der Waals surface area contributed by atoms with Gasteiger partial charge in [-0.1, -0.05) is 18.7 Å². The van der Waals surface area contributed by atoms with Crippen molar-refractivity contribution in [1.29, 1.82) is 0 Å². The highest BCUT2D eigenvalue weighted by Gasteiger charge is 1.98. The molecule has 4 nitrogen and oxygen atoms in total. The average Bonchev–Trinajstić information content (AvgIpc) is 2.80. The molecular weight excluding hydrogens is 190 g/mol. The van der Waals surface area contributed by atoms with Gasteiger partial charge in [0.15, 0.2) is 0 Å². The molecule has 0 N–H and O–H groups in total. The number of rotatable bonds is 4. The third kappa shape index (κ3) is 2.22. The van der Waals surface area contributed by atoms with E-state index in [-0.39, 0.29) is 0 Å². The molecule has 0 amide bonds. The van der Waals surface area contributed by atoms with Gasteiger partial charge in [-0.3, -0.25) is 4.57 Å². The summed E-state index contributed by atoms with van der Waals surface area (Å²) in [5.74, 6) is 0.807. The van der Waals surface area contributed by atoms with Crippen LogP contribution < -0.4 is 4.74 Å². The van der Waals surface area contributed by atoms with E-state index in [0.29, 0.717) is 6.61 Å². The smallest absolute Gasteiger partial charge is 0.123 e. The quantitative estimate of drug-likeness (QED) is 0.708. The summed E-state index contributed by atoms with van der Waals surface area (Å²) in [6, 6.07) is 7.71. The molecule has 0 saturated carbocycles. The summed E-state index contributed by atoms with van der Waals surface area (Å²) < 4.78 is 7.24. The molecule has 76 valence electrons. The van der Waals surface area contributed by atoms with Crippen molar-refractivity contribution < 1.29 is 4.74 Å². The number of aromatic nitrogens is 3. The maximum Gasteiger partial charge on any atom is 0.123 e. The highest BCUT2D eigenvalue weighted by atomic mass is 16.5. The molecule has 0 aliphatic carbocycles. The van der Waals surface area contributed by atoms with E-state index in [9.17, 15) is 0 Å². The van der Waals surface area contributed by atoms with Gasteiger partial charge in [-0.15, -0.1) is 10.2 Å². The minimum atomic E-state index is 0.506. The summed E-state index contributed by atoms with van der Waals surface area (Å²) in [6.45, 7) is 4.10. The van der Waals surface area contributed by atoms with Crippen molar-refractivity contribution in [3.63, 3.8) is 0 Å². The number of ether oxygens (including phenoxy) is 1. The van der Waals surface area contributed by atoms with Crippen LogP contribution in [0.25, 0.3) is 5.69 Å². The molecule has 1 heterocycles. The Balaban J connectivity index is 2.23. The zero-order valence-corrected chi connectivity index (χ0v) is 8.21. The molecule has 0 aliphatic rings. The van der Waals surface area contributed by atoms with Crippen molar-refractivity contribution >= 4 is 0 Å². The van der Waals surface area contributed by atoms with Gasteiger partial charge in [-0.05, 0) is 12.1 Å². The van der Waals surface area contributed by atoms with Crippen LogP contribution in [0.15, 0.2) is 49.6 Å². The lowest BCUT2D eigenvalue weighted by Crippen LogP contribution is -1.95. The largest absolute Gasteiger partial charge is 0.489 e. The van der Waals surface area contributed by atoms with Gasteiger partial charge in [-0.25, -0.2) is 0 Å². The van der Waals surface area contributed by atoms with Crippen molar-refractivity contribution in [2.24, 2.45) is 0 Å². The first-order chi connectivity index (χ1) is 7.40. The second-order valence-electron chi connectivity index (χ2n) is 2.97. The lowest BCUT2D eigenvalue weighted by atomic mass is 10.3. The number of hydrogen-bond donors (Lipinski definition) is 0. The highest BCUT2D eigenvalue weighted by Crippen LogP contribution is 2.15. The molecule has 0 bridgehead atoms. The third-order valence-electron chi connectivity index (χ3n) is 1.90. The molecule has 0 fully saturated rings. The second kappa shape index (κ2) is 4.41. The fourth-order valence-corrected chi connectivity index (χ4v) is 1.22. The van der Waals surface area contributed by atoms with Gasteiger partial charge < -0.3 is 4.74 Å². The molecular formula is C11H11N3O. The van der Waals surface area contributed by atoms with Crippen LogP contribution in [0.4, 0.5) is 0 Å². The minimum absolute atomic E-state index is 0.506. The Bertz CT molecular complexity index is 437.